The molecule has 2 heterocycles. The number of alkyl carbamates (subject to hydrolysis) is 1. The van der Waals surface area contributed by atoms with Crippen LogP contribution in [-0.4, -0.2) is 56.1 Å². The predicted molar refractivity (Wildman–Crippen MR) is 150 cm³/mol. The van der Waals surface area contributed by atoms with Crippen molar-refractivity contribution in [2.75, 3.05) is 38.8 Å². The topological polar surface area (TPSA) is 129 Å². The largest absolute Gasteiger partial charge is 0.497 e. The summed E-state index contributed by atoms with van der Waals surface area (Å²) in [6.07, 6.45) is 0.531. The van der Waals surface area contributed by atoms with Gasteiger partial charge in [0.2, 0.25) is 5.91 Å². The van der Waals surface area contributed by atoms with Crippen LogP contribution in [0.4, 0.5) is 15.0 Å². The summed E-state index contributed by atoms with van der Waals surface area (Å²) >= 11 is 6.00. The molecule has 0 saturated carbocycles. The molecule has 2 amide bonds. The average molecular weight is 581 g/mol. The standard InChI is InChI=1S/C29H30ClFN6O4/c1-40-21-10-11-22(25(31)14-21)23-16-37(27-12-9-20(15-32)35-36-27)17-24(23)28(38)33-13-3-4-26(34-29(39)41-2)18-5-7-19(30)8-6-18/h5-12,14,23-24,26H,3-4,13,16-17H2,1-2H3,(H,33,38)(H,34,39)/t23-,24+,26?/m0/s1. The minimum Gasteiger partial charge on any atom is -0.497 e. The van der Waals surface area contributed by atoms with E-state index in [0.29, 0.717) is 54.6 Å². The van der Waals surface area contributed by atoms with E-state index in [1.807, 2.05) is 23.1 Å². The van der Waals surface area contributed by atoms with Gasteiger partial charge in [-0.15, -0.1) is 10.2 Å². The monoisotopic (exact) mass is 580 g/mol. The Balaban J connectivity index is 1.45. The first-order valence-corrected chi connectivity index (χ1v) is 13.4. The molecular weight excluding hydrogens is 551 g/mol. The summed E-state index contributed by atoms with van der Waals surface area (Å²) in [5, 5.41) is 23.4. The molecule has 1 saturated heterocycles. The number of ether oxygens (including phenoxy) is 2. The van der Waals surface area contributed by atoms with Crippen LogP contribution >= 0.6 is 11.6 Å². The third-order valence-electron chi connectivity index (χ3n) is 7.07. The molecule has 2 aromatic carbocycles. The van der Waals surface area contributed by atoms with Gasteiger partial charge in [-0.1, -0.05) is 29.8 Å². The summed E-state index contributed by atoms with van der Waals surface area (Å²) < 4.78 is 25.0. The molecule has 214 valence electrons. The fourth-order valence-electron chi connectivity index (χ4n) is 4.93. The number of hydrogen-bond acceptors (Lipinski definition) is 8. The van der Waals surface area contributed by atoms with E-state index < -0.39 is 23.7 Å². The second-order valence-corrected chi connectivity index (χ2v) is 10.0. The molecule has 3 atom stereocenters. The number of nitrogens with one attached hydrogen (secondary N) is 2. The third-order valence-corrected chi connectivity index (χ3v) is 7.32. The van der Waals surface area contributed by atoms with E-state index >= 15 is 4.39 Å². The van der Waals surface area contributed by atoms with Crippen molar-refractivity contribution in [3.8, 4) is 11.8 Å². The van der Waals surface area contributed by atoms with Gasteiger partial charge in [0.25, 0.3) is 0 Å². The number of anilines is 1. The van der Waals surface area contributed by atoms with Crippen molar-refractivity contribution in [3.05, 3.63) is 82.3 Å². The molecule has 0 spiro atoms. The van der Waals surface area contributed by atoms with E-state index in [-0.39, 0.29) is 17.6 Å². The number of aromatic nitrogens is 2. The zero-order chi connectivity index (χ0) is 29.4. The quantitative estimate of drug-likeness (QED) is 0.338. The summed E-state index contributed by atoms with van der Waals surface area (Å²) in [7, 11) is 2.76. The maximum Gasteiger partial charge on any atom is 0.407 e. The van der Waals surface area contributed by atoms with Gasteiger partial charge in [-0.05, 0) is 54.3 Å². The van der Waals surface area contributed by atoms with Gasteiger partial charge in [-0.2, -0.15) is 5.26 Å². The van der Waals surface area contributed by atoms with Gasteiger partial charge in [0.05, 0.1) is 26.2 Å². The van der Waals surface area contributed by atoms with Crippen LogP contribution in [0.2, 0.25) is 5.02 Å². The van der Waals surface area contributed by atoms with Gasteiger partial charge in [-0.3, -0.25) is 4.79 Å². The van der Waals surface area contributed by atoms with E-state index in [2.05, 4.69) is 20.8 Å². The molecule has 12 heteroatoms. The van der Waals surface area contributed by atoms with Gasteiger partial charge < -0.3 is 25.0 Å². The number of nitriles is 1. The smallest absolute Gasteiger partial charge is 0.407 e. The first-order valence-electron chi connectivity index (χ1n) is 13.0. The van der Waals surface area contributed by atoms with Gasteiger partial charge in [0.15, 0.2) is 11.5 Å². The maximum atomic E-state index is 15.1. The third kappa shape index (κ3) is 7.41. The van der Waals surface area contributed by atoms with Crippen molar-refractivity contribution in [2.24, 2.45) is 5.92 Å². The molecule has 1 aliphatic heterocycles. The Morgan fingerprint density at radius 2 is 1.93 bits per heavy atom. The van der Waals surface area contributed by atoms with Crippen molar-refractivity contribution in [1.29, 1.82) is 5.26 Å². The first-order chi connectivity index (χ1) is 19.8. The van der Waals surface area contributed by atoms with Crippen molar-refractivity contribution in [2.45, 2.75) is 24.8 Å². The molecule has 1 fully saturated rings. The number of halogens is 2. The number of benzene rings is 2. The number of amides is 2. The fourth-order valence-corrected chi connectivity index (χ4v) is 5.05. The molecule has 2 N–H and O–H groups in total. The zero-order valence-corrected chi connectivity index (χ0v) is 23.4. The summed E-state index contributed by atoms with van der Waals surface area (Å²) in [4.78, 5) is 27.2. The number of nitrogens with zero attached hydrogens (tertiary/aromatic N) is 4. The summed E-state index contributed by atoms with van der Waals surface area (Å²) in [5.41, 5.74) is 1.44. The lowest BCUT2D eigenvalue weighted by Gasteiger charge is -2.20. The molecule has 1 aromatic heterocycles. The Bertz CT molecular complexity index is 1400. The Kier molecular flexibility index (Phi) is 9.92. The molecule has 10 nitrogen and oxygen atoms in total. The van der Waals surface area contributed by atoms with Crippen LogP contribution in [0.1, 0.15) is 41.6 Å². The average Bonchev–Trinajstić information content (AvgIpc) is 3.44. The van der Waals surface area contributed by atoms with Crippen LogP contribution in [0.25, 0.3) is 0 Å². The highest BCUT2D eigenvalue weighted by molar-refractivity contribution is 6.30. The van der Waals surface area contributed by atoms with Crippen LogP contribution in [0.5, 0.6) is 5.75 Å². The number of rotatable bonds is 10. The minimum atomic E-state index is -0.574. The van der Waals surface area contributed by atoms with Gasteiger partial charge in [0, 0.05) is 36.6 Å². The van der Waals surface area contributed by atoms with Crippen molar-refractivity contribution < 1.29 is 23.5 Å². The first kappa shape index (κ1) is 29.6. The Morgan fingerprint density at radius 1 is 1.15 bits per heavy atom. The van der Waals surface area contributed by atoms with Crippen molar-refractivity contribution in [1.82, 2.24) is 20.8 Å². The number of carbonyl (C=O) groups is 2. The molecule has 0 bridgehead atoms. The fraction of sp³-hybridized carbons (Fsp3) is 0.345. The maximum absolute atomic E-state index is 15.1. The molecule has 4 rings (SSSR count). The summed E-state index contributed by atoms with van der Waals surface area (Å²) in [6, 6.07) is 16.6. The minimum absolute atomic E-state index is 0.179. The molecule has 0 aliphatic carbocycles. The molecule has 41 heavy (non-hydrogen) atoms. The lowest BCUT2D eigenvalue weighted by Crippen LogP contribution is -2.36. The molecular formula is C29H30ClFN6O4. The zero-order valence-electron chi connectivity index (χ0n) is 22.6. The summed E-state index contributed by atoms with van der Waals surface area (Å²) in [6.45, 7) is 0.972. The SMILES string of the molecule is COC(=O)NC(CCCNC(=O)[C@@H]1CN(c2ccc(C#N)nn2)C[C@H]1c1ccc(OC)cc1F)c1ccc(Cl)cc1. The van der Waals surface area contributed by atoms with Crippen LogP contribution in [0.3, 0.4) is 0 Å². The molecule has 1 unspecified atom stereocenters. The highest BCUT2D eigenvalue weighted by Gasteiger charge is 2.40. The number of methoxy groups -OCH3 is 2. The second-order valence-electron chi connectivity index (χ2n) is 9.57. The van der Waals surface area contributed by atoms with Gasteiger partial charge >= 0.3 is 6.09 Å². The van der Waals surface area contributed by atoms with Crippen LogP contribution in [-0.2, 0) is 9.53 Å². The lowest BCUT2D eigenvalue weighted by molar-refractivity contribution is -0.124. The lowest BCUT2D eigenvalue weighted by atomic mass is 9.88. The van der Waals surface area contributed by atoms with Gasteiger partial charge in [0.1, 0.15) is 17.6 Å². The number of carbonyl (C=O) groups excluding carboxylic acids is 2. The highest BCUT2D eigenvalue weighted by atomic mass is 35.5. The van der Waals surface area contributed by atoms with Gasteiger partial charge in [-0.25, -0.2) is 9.18 Å². The van der Waals surface area contributed by atoms with Crippen LogP contribution < -0.4 is 20.3 Å². The molecule has 1 aliphatic rings. The summed E-state index contributed by atoms with van der Waals surface area (Å²) in [5.74, 6) is -0.830. The molecule has 0 radical (unpaired) electrons. The van der Waals surface area contributed by atoms with E-state index in [1.165, 1.54) is 20.3 Å². The normalized spacial score (nSPS) is 16.9. The Morgan fingerprint density at radius 3 is 2.56 bits per heavy atom. The van der Waals surface area contributed by atoms with E-state index in [1.54, 1.807) is 36.4 Å². The Labute approximate surface area is 242 Å². The second kappa shape index (κ2) is 13.8. The van der Waals surface area contributed by atoms with E-state index in [0.717, 1.165) is 5.56 Å². The predicted octanol–water partition coefficient (Wildman–Crippen LogP) is 4.36. The van der Waals surface area contributed by atoms with E-state index in [9.17, 15) is 9.59 Å². The molecule has 3 aromatic rings. The van der Waals surface area contributed by atoms with Crippen molar-refractivity contribution in [3.63, 3.8) is 0 Å². The number of hydrogen-bond donors (Lipinski definition) is 2. The van der Waals surface area contributed by atoms with Crippen molar-refractivity contribution >= 4 is 29.4 Å². The van der Waals surface area contributed by atoms with Crippen LogP contribution in [0, 0.1) is 23.1 Å². The van der Waals surface area contributed by atoms with Crippen LogP contribution in [0.15, 0.2) is 54.6 Å². The Hall–Kier alpha value is -4.43. The highest BCUT2D eigenvalue weighted by Crippen LogP contribution is 2.37. The van der Waals surface area contributed by atoms with E-state index in [4.69, 9.17) is 26.3 Å².